The molecule has 2 heterocycles. The molecule has 0 saturated carbocycles. The summed E-state index contributed by atoms with van der Waals surface area (Å²) in [5.41, 5.74) is 10.0. The van der Waals surface area contributed by atoms with Crippen LogP contribution in [0, 0.1) is 0 Å². The predicted molar refractivity (Wildman–Crippen MR) is 182 cm³/mol. The molecule has 1 aliphatic carbocycles. The van der Waals surface area contributed by atoms with Gasteiger partial charge in [0, 0.05) is 27.3 Å². The molecule has 0 aliphatic heterocycles. The monoisotopic (exact) mass is 576 g/mol. The zero-order valence-electron chi connectivity index (χ0n) is 24.7. The Kier molecular flexibility index (Phi) is 5.59. The van der Waals surface area contributed by atoms with Gasteiger partial charge >= 0.3 is 0 Å². The summed E-state index contributed by atoms with van der Waals surface area (Å²) >= 11 is 0. The van der Waals surface area contributed by atoms with Crippen molar-refractivity contribution in [1.29, 1.82) is 0 Å². The average molecular weight is 577 g/mol. The van der Waals surface area contributed by atoms with Crippen LogP contribution in [0.3, 0.4) is 0 Å². The fourth-order valence-corrected chi connectivity index (χ4v) is 7.25. The Labute approximate surface area is 261 Å². The van der Waals surface area contributed by atoms with Crippen molar-refractivity contribution in [2.45, 2.75) is 12.3 Å². The molecule has 8 aromatic rings. The van der Waals surface area contributed by atoms with Crippen molar-refractivity contribution in [1.82, 2.24) is 19.5 Å². The third-order valence-electron chi connectivity index (χ3n) is 9.33. The van der Waals surface area contributed by atoms with Crippen molar-refractivity contribution in [3.8, 4) is 39.9 Å². The van der Waals surface area contributed by atoms with Crippen molar-refractivity contribution in [2.75, 3.05) is 0 Å². The van der Waals surface area contributed by atoms with E-state index in [9.17, 15) is 0 Å². The fraction of sp³-hybridized carbons (Fsp3) is 0.0488. The molecule has 212 valence electrons. The molecule has 6 aromatic carbocycles. The Morgan fingerprint density at radius 1 is 0.489 bits per heavy atom. The molecule has 0 radical (unpaired) electrons. The summed E-state index contributed by atoms with van der Waals surface area (Å²) in [5.74, 6) is 1.90. The van der Waals surface area contributed by atoms with Crippen molar-refractivity contribution >= 4 is 21.8 Å². The quantitative estimate of drug-likeness (QED) is 0.210. The van der Waals surface area contributed by atoms with Crippen LogP contribution < -0.4 is 0 Å². The number of benzene rings is 6. The topological polar surface area (TPSA) is 43.6 Å². The largest absolute Gasteiger partial charge is 0.277 e. The molecule has 2 aromatic heterocycles. The van der Waals surface area contributed by atoms with Gasteiger partial charge < -0.3 is 0 Å². The molecule has 0 bridgehead atoms. The summed E-state index contributed by atoms with van der Waals surface area (Å²) in [4.78, 5) is 15.4. The second-order valence-corrected chi connectivity index (χ2v) is 11.8. The van der Waals surface area contributed by atoms with Gasteiger partial charge in [-0.25, -0.2) is 4.98 Å². The van der Waals surface area contributed by atoms with E-state index in [4.69, 9.17) is 15.0 Å². The fourth-order valence-electron chi connectivity index (χ4n) is 7.25. The van der Waals surface area contributed by atoms with Crippen LogP contribution >= 0.6 is 0 Å². The van der Waals surface area contributed by atoms with Crippen LogP contribution in [0.25, 0.3) is 61.7 Å². The number of para-hydroxylation sites is 1. The van der Waals surface area contributed by atoms with Gasteiger partial charge in [0.2, 0.25) is 5.95 Å². The highest BCUT2D eigenvalue weighted by Gasteiger charge is 2.43. The van der Waals surface area contributed by atoms with Crippen LogP contribution in [0.1, 0.15) is 23.6 Å². The first-order chi connectivity index (χ1) is 22.2. The van der Waals surface area contributed by atoms with Gasteiger partial charge in [0.05, 0.1) is 11.0 Å². The minimum Gasteiger partial charge on any atom is -0.277 e. The molecule has 0 spiro atoms. The van der Waals surface area contributed by atoms with E-state index in [1.807, 2.05) is 36.4 Å². The first-order valence-corrected chi connectivity index (χ1v) is 15.3. The number of fused-ring (bicyclic) bond motifs is 7. The van der Waals surface area contributed by atoms with Gasteiger partial charge in [-0.3, -0.25) is 4.57 Å². The summed E-state index contributed by atoms with van der Waals surface area (Å²) in [7, 11) is 0. The maximum atomic E-state index is 5.21. The summed E-state index contributed by atoms with van der Waals surface area (Å²) < 4.78 is 2.27. The molecule has 1 atom stereocenters. The standard InChI is InChI=1S/C41H28N4/c1-41(29-19-9-4-10-20-29)34-23-13-11-21-30(34)32-25-26-33-31-22-12-14-24-35(31)45(37(33)36(32)41)40-43-38(27-15-5-2-6-16-27)42-39(44-40)28-17-7-3-8-18-28/h2-26H,1H3. The Balaban J connectivity index is 1.44. The molecule has 4 heteroatoms. The second kappa shape index (κ2) is 9.83. The maximum absolute atomic E-state index is 5.21. The van der Waals surface area contributed by atoms with E-state index in [1.165, 1.54) is 38.6 Å². The molecule has 0 amide bonds. The van der Waals surface area contributed by atoms with Gasteiger partial charge in [0.25, 0.3) is 0 Å². The predicted octanol–water partition coefficient (Wildman–Crippen LogP) is 9.64. The summed E-state index contributed by atoms with van der Waals surface area (Å²) in [6.07, 6.45) is 0. The first kappa shape index (κ1) is 25.6. The van der Waals surface area contributed by atoms with Gasteiger partial charge in [0.15, 0.2) is 11.6 Å². The second-order valence-electron chi connectivity index (χ2n) is 11.8. The molecule has 1 aliphatic rings. The van der Waals surface area contributed by atoms with Crippen LogP contribution in [0.15, 0.2) is 152 Å². The third-order valence-corrected chi connectivity index (χ3v) is 9.33. The zero-order chi connectivity index (χ0) is 30.0. The molecule has 4 nitrogen and oxygen atoms in total. The Hall–Kier alpha value is -5.87. The third kappa shape index (κ3) is 3.76. The van der Waals surface area contributed by atoms with Gasteiger partial charge in [-0.05, 0) is 40.8 Å². The summed E-state index contributed by atoms with van der Waals surface area (Å²) in [5, 5.41) is 2.35. The van der Waals surface area contributed by atoms with E-state index in [2.05, 4.69) is 127 Å². The van der Waals surface area contributed by atoms with Crippen LogP contribution in [0.5, 0.6) is 0 Å². The van der Waals surface area contributed by atoms with E-state index in [-0.39, 0.29) is 0 Å². The molecular weight excluding hydrogens is 548 g/mol. The molecule has 1 unspecified atom stereocenters. The van der Waals surface area contributed by atoms with E-state index in [0.29, 0.717) is 17.6 Å². The highest BCUT2D eigenvalue weighted by atomic mass is 15.2. The van der Waals surface area contributed by atoms with Gasteiger partial charge in [-0.1, -0.05) is 146 Å². The van der Waals surface area contributed by atoms with Crippen LogP contribution in [-0.4, -0.2) is 19.5 Å². The van der Waals surface area contributed by atoms with E-state index in [1.54, 1.807) is 0 Å². The summed E-state index contributed by atoms with van der Waals surface area (Å²) in [6.45, 7) is 2.37. The Bertz CT molecular complexity index is 2320. The van der Waals surface area contributed by atoms with Crippen LogP contribution in [0.4, 0.5) is 0 Å². The van der Waals surface area contributed by atoms with E-state index in [0.717, 1.165) is 22.2 Å². The van der Waals surface area contributed by atoms with Crippen LogP contribution in [-0.2, 0) is 5.41 Å². The smallest absolute Gasteiger partial charge is 0.238 e. The lowest BCUT2D eigenvalue weighted by atomic mass is 9.73. The number of rotatable bonds is 4. The molecule has 45 heavy (non-hydrogen) atoms. The average Bonchev–Trinajstić information content (AvgIpc) is 3.59. The Morgan fingerprint density at radius 2 is 1.07 bits per heavy atom. The number of aromatic nitrogens is 4. The lowest BCUT2D eigenvalue weighted by Gasteiger charge is -2.29. The van der Waals surface area contributed by atoms with Crippen molar-refractivity contribution in [2.24, 2.45) is 0 Å². The normalized spacial score (nSPS) is 15.3. The van der Waals surface area contributed by atoms with Crippen LogP contribution in [0.2, 0.25) is 0 Å². The van der Waals surface area contributed by atoms with Gasteiger partial charge in [-0.2, -0.15) is 9.97 Å². The lowest BCUT2D eigenvalue weighted by molar-refractivity contribution is 0.716. The van der Waals surface area contributed by atoms with Crippen molar-refractivity contribution in [3.63, 3.8) is 0 Å². The molecular formula is C41H28N4. The van der Waals surface area contributed by atoms with Crippen molar-refractivity contribution < 1.29 is 0 Å². The highest BCUT2D eigenvalue weighted by molar-refractivity contribution is 6.13. The minimum atomic E-state index is -0.392. The number of nitrogens with zero attached hydrogens (tertiary/aromatic N) is 4. The number of hydrogen-bond donors (Lipinski definition) is 0. The molecule has 0 fully saturated rings. The molecule has 9 rings (SSSR count). The van der Waals surface area contributed by atoms with Gasteiger partial charge in [-0.15, -0.1) is 0 Å². The zero-order valence-corrected chi connectivity index (χ0v) is 24.7. The van der Waals surface area contributed by atoms with E-state index >= 15 is 0 Å². The minimum absolute atomic E-state index is 0.392. The van der Waals surface area contributed by atoms with Crippen molar-refractivity contribution in [3.05, 3.63) is 168 Å². The van der Waals surface area contributed by atoms with E-state index < -0.39 is 5.41 Å². The molecule has 0 saturated heterocycles. The first-order valence-electron chi connectivity index (χ1n) is 15.3. The number of hydrogen-bond acceptors (Lipinski definition) is 3. The molecule has 0 N–H and O–H groups in total. The maximum Gasteiger partial charge on any atom is 0.238 e. The Morgan fingerprint density at radius 3 is 1.76 bits per heavy atom. The summed E-state index contributed by atoms with van der Waals surface area (Å²) in [6, 6.07) is 53.2. The highest BCUT2D eigenvalue weighted by Crippen LogP contribution is 2.55. The van der Waals surface area contributed by atoms with Gasteiger partial charge in [0.1, 0.15) is 0 Å². The lowest BCUT2D eigenvalue weighted by Crippen LogP contribution is -2.23. The SMILES string of the molecule is CC1(c2ccccc2)c2ccccc2-c2ccc3c4ccccc4n(-c4nc(-c5ccccc5)nc(-c5ccccc5)n4)c3c21.